The SMILES string of the molecule is CCc1cccc2cc([C@H](O)C[NH2+]C(C)(C)C)oc12. The summed E-state index contributed by atoms with van der Waals surface area (Å²) in [5, 5.41) is 13.4. The smallest absolute Gasteiger partial charge is 0.160 e. The zero-order chi connectivity index (χ0) is 14.0. The predicted octanol–water partition coefficient (Wildman–Crippen LogP) is 2.39. The summed E-state index contributed by atoms with van der Waals surface area (Å²) >= 11 is 0. The van der Waals surface area contributed by atoms with E-state index in [1.807, 2.05) is 18.2 Å². The second kappa shape index (κ2) is 5.35. The fourth-order valence-corrected chi connectivity index (χ4v) is 2.17. The molecule has 1 heterocycles. The van der Waals surface area contributed by atoms with E-state index in [-0.39, 0.29) is 5.54 Å². The predicted molar refractivity (Wildman–Crippen MR) is 77.1 cm³/mol. The molecular formula is C16H24NO2+. The molecule has 1 aromatic carbocycles. The van der Waals surface area contributed by atoms with Crippen LogP contribution >= 0.6 is 0 Å². The number of aliphatic hydroxyl groups excluding tert-OH is 1. The minimum absolute atomic E-state index is 0.113. The third-order valence-electron chi connectivity index (χ3n) is 3.31. The van der Waals surface area contributed by atoms with Crippen molar-refractivity contribution in [1.82, 2.24) is 0 Å². The fraction of sp³-hybridized carbons (Fsp3) is 0.500. The molecule has 0 radical (unpaired) electrons. The summed E-state index contributed by atoms with van der Waals surface area (Å²) in [5.74, 6) is 0.663. The van der Waals surface area contributed by atoms with Gasteiger partial charge in [0.05, 0.1) is 5.54 Å². The Hall–Kier alpha value is -1.32. The van der Waals surface area contributed by atoms with E-state index in [2.05, 4.69) is 39.1 Å². The number of aryl methyl sites for hydroxylation is 1. The minimum atomic E-state index is -0.559. The van der Waals surface area contributed by atoms with Crippen molar-refractivity contribution in [2.45, 2.75) is 45.8 Å². The number of hydrogen-bond donors (Lipinski definition) is 2. The van der Waals surface area contributed by atoms with Crippen LogP contribution in [-0.2, 0) is 6.42 Å². The zero-order valence-corrected chi connectivity index (χ0v) is 12.2. The molecule has 0 amide bonds. The average molecular weight is 262 g/mol. The number of nitrogens with two attached hydrogens (primary N) is 1. The molecule has 0 unspecified atom stereocenters. The van der Waals surface area contributed by atoms with E-state index in [1.165, 1.54) is 5.56 Å². The van der Waals surface area contributed by atoms with Crippen LogP contribution in [0.25, 0.3) is 11.0 Å². The van der Waals surface area contributed by atoms with Crippen molar-refractivity contribution in [2.75, 3.05) is 6.54 Å². The minimum Gasteiger partial charge on any atom is -0.458 e. The number of rotatable bonds is 4. The average Bonchev–Trinajstić information content (AvgIpc) is 2.78. The van der Waals surface area contributed by atoms with Gasteiger partial charge in [-0.05, 0) is 38.8 Å². The number of furan rings is 1. The number of benzene rings is 1. The standard InChI is InChI=1S/C16H23NO2/c1-5-11-7-6-8-12-9-14(19-15(11)12)13(18)10-17-16(2,3)4/h6-9,13,17-18H,5,10H2,1-4H3/p+1/t13-/m1/s1. The molecule has 1 aromatic heterocycles. The normalized spacial score (nSPS) is 13.9. The summed E-state index contributed by atoms with van der Waals surface area (Å²) in [5.41, 5.74) is 2.22. The Morgan fingerprint density at radius 2 is 2.05 bits per heavy atom. The van der Waals surface area contributed by atoms with E-state index in [0.29, 0.717) is 12.3 Å². The molecule has 0 saturated carbocycles. The van der Waals surface area contributed by atoms with Gasteiger partial charge in [0.15, 0.2) is 6.10 Å². The van der Waals surface area contributed by atoms with Crippen LogP contribution in [0.15, 0.2) is 28.7 Å². The van der Waals surface area contributed by atoms with E-state index in [4.69, 9.17) is 4.42 Å². The molecule has 3 nitrogen and oxygen atoms in total. The first-order chi connectivity index (χ1) is 8.90. The second-order valence-corrected chi connectivity index (χ2v) is 6.16. The Morgan fingerprint density at radius 1 is 1.32 bits per heavy atom. The molecule has 0 aliphatic rings. The lowest BCUT2D eigenvalue weighted by Gasteiger charge is -2.18. The van der Waals surface area contributed by atoms with Crippen LogP contribution in [0.1, 0.15) is 45.1 Å². The number of aliphatic hydroxyl groups is 1. The van der Waals surface area contributed by atoms with Crippen LogP contribution in [0.3, 0.4) is 0 Å². The fourth-order valence-electron chi connectivity index (χ4n) is 2.17. The van der Waals surface area contributed by atoms with E-state index >= 15 is 0 Å². The van der Waals surface area contributed by atoms with Crippen LogP contribution in [0.4, 0.5) is 0 Å². The molecular weight excluding hydrogens is 238 g/mol. The van der Waals surface area contributed by atoms with E-state index in [0.717, 1.165) is 17.4 Å². The third kappa shape index (κ3) is 3.37. The Labute approximate surface area is 114 Å². The molecule has 2 rings (SSSR count). The lowest BCUT2D eigenvalue weighted by Crippen LogP contribution is -2.95. The van der Waals surface area contributed by atoms with Crippen LogP contribution in [0, 0.1) is 0 Å². The highest BCUT2D eigenvalue weighted by Crippen LogP contribution is 2.26. The van der Waals surface area contributed by atoms with Gasteiger partial charge in [-0.2, -0.15) is 0 Å². The van der Waals surface area contributed by atoms with E-state index in [1.54, 1.807) is 0 Å². The first-order valence-electron chi connectivity index (χ1n) is 6.94. The molecule has 0 aliphatic heterocycles. The van der Waals surface area contributed by atoms with Crippen LogP contribution in [0.2, 0.25) is 0 Å². The van der Waals surface area contributed by atoms with Crippen molar-refractivity contribution < 1.29 is 14.8 Å². The molecule has 0 fully saturated rings. The summed E-state index contributed by atoms with van der Waals surface area (Å²) in [6.07, 6.45) is 0.380. The second-order valence-electron chi connectivity index (χ2n) is 6.16. The maximum absolute atomic E-state index is 10.2. The molecule has 1 atom stereocenters. The molecule has 3 heteroatoms. The van der Waals surface area contributed by atoms with Crippen molar-refractivity contribution in [1.29, 1.82) is 0 Å². The summed E-state index contributed by atoms with van der Waals surface area (Å²) in [6.45, 7) is 9.13. The molecule has 104 valence electrons. The molecule has 2 aromatic rings. The number of fused-ring (bicyclic) bond motifs is 1. The van der Waals surface area contributed by atoms with Gasteiger partial charge in [0.1, 0.15) is 17.9 Å². The highest BCUT2D eigenvalue weighted by molar-refractivity contribution is 5.81. The van der Waals surface area contributed by atoms with Gasteiger partial charge in [-0.15, -0.1) is 0 Å². The van der Waals surface area contributed by atoms with Gasteiger partial charge < -0.3 is 14.8 Å². The molecule has 0 saturated heterocycles. The molecule has 19 heavy (non-hydrogen) atoms. The van der Waals surface area contributed by atoms with Crippen LogP contribution in [-0.4, -0.2) is 17.2 Å². The Morgan fingerprint density at radius 3 is 2.68 bits per heavy atom. The topological polar surface area (TPSA) is 50.0 Å². The lowest BCUT2D eigenvalue weighted by atomic mass is 10.1. The van der Waals surface area contributed by atoms with Gasteiger partial charge in [0, 0.05) is 5.39 Å². The van der Waals surface area contributed by atoms with Gasteiger partial charge in [-0.1, -0.05) is 25.1 Å². The summed E-state index contributed by atoms with van der Waals surface area (Å²) < 4.78 is 5.85. The van der Waals surface area contributed by atoms with E-state index in [9.17, 15) is 5.11 Å². The zero-order valence-electron chi connectivity index (χ0n) is 12.2. The van der Waals surface area contributed by atoms with Crippen molar-refractivity contribution in [3.63, 3.8) is 0 Å². The highest BCUT2D eigenvalue weighted by Gasteiger charge is 2.20. The molecule has 0 aliphatic carbocycles. The maximum atomic E-state index is 10.2. The summed E-state index contributed by atoms with van der Waals surface area (Å²) in [7, 11) is 0. The molecule has 0 bridgehead atoms. The highest BCUT2D eigenvalue weighted by atomic mass is 16.4. The Balaban J connectivity index is 2.21. The number of para-hydroxylation sites is 1. The monoisotopic (exact) mass is 262 g/mol. The van der Waals surface area contributed by atoms with Gasteiger partial charge >= 0.3 is 0 Å². The lowest BCUT2D eigenvalue weighted by molar-refractivity contribution is -0.723. The molecule has 3 N–H and O–H groups in total. The first kappa shape index (κ1) is 14.1. The third-order valence-corrected chi connectivity index (χ3v) is 3.31. The van der Waals surface area contributed by atoms with Crippen LogP contribution in [0.5, 0.6) is 0 Å². The van der Waals surface area contributed by atoms with Crippen molar-refractivity contribution in [2.24, 2.45) is 0 Å². The Bertz CT molecular complexity index is 551. The summed E-state index contributed by atoms with van der Waals surface area (Å²) in [4.78, 5) is 0. The summed E-state index contributed by atoms with van der Waals surface area (Å²) in [6, 6.07) is 8.09. The number of hydrogen-bond acceptors (Lipinski definition) is 2. The van der Waals surface area contributed by atoms with Crippen molar-refractivity contribution in [3.8, 4) is 0 Å². The van der Waals surface area contributed by atoms with Gasteiger partial charge in [0.25, 0.3) is 0 Å². The maximum Gasteiger partial charge on any atom is 0.160 e. The number of quaternary nitrogens is 1. The van der Waals surface area contributed by atoms with Crippen molar-refractivity contribution >= 4 is 11.0 Å². The van der Waals surface area contributed by atoms with Crippen LogP contribution < -0.4 is 5.32 Å². The quantitative estimate of drug-likeness (QED) is 0.889. The van der Waals surface area contributed by atoms with Gasteiger partial charge in [0.2, 0.25) is 0 Å². The van der Waals surface area contributed by atoms with E-state index < -0.39 is 6.10 Å². The first-order valence-corrected chi connectivity index (χ1v) is 6.94. The van der Waals surface area contributed by atoms with Gasteiger partial charge in [-0.3, -0.25) is 0 Å². The van der Waals surface area contributed by atoms with Gasteiger partial charge in [-0.25, -0.2) is 0 Å². The Kier molecular flexibility index (Phi) is 3.97. The largest absolute Gasteiger partial charge is 0.458 e. The van der Waals surface area contributed by atoms with Crippen molar-refractivity contribution in [3.05, 3.63) is 35.6 Å². The molecule has 0 spiro atoms.